The van der Waals surface area contributed by atoms with Gasteiger partial charge in [-0.05, 0) is 18.2 Å². The molecule has 14 heteroatoms. The first-order valence-electron chi connectivity index (χ1n) is 6.73. The quantitative estimate of drug-likeness (QED) is 0.487. The van der Waals surface area contributed by atoms with Gasteiger partial charge in [0.05, 0.1) is 11.0 Å². The molecule has 1 amide bonds. The second kappa shape index (κ2) is 7.03. The van der Waals surface area contributed by atoms with Gasteiger partial charge in [-0.3, -0.25) is 9.48 Å². The average Bonchev–Trinajstić information content (AvgIpc) is 3.12. The van der Waals surface area contributed by atoms with Crippen molar-refractivity contribution in [1.29, 1.82) is 0 Å². The Balaban J connectivity index is 2.29. The summed E-state index contributed by atoms with van der Waals surface area (Å²) in [5, 5.41) is 21.3. The molecule has 3 N–H and O–H groups in total. The van der Waals surface area contributed by atoms with Gasteiger partial charge in [0.25, 0.3) is 15.9 Å². The smallest absolute Gasteiger partial charge is 0.433 e. The van der Waals surface area contributed by atoms with Crippen molar-refractivity contribution < 1.29 is 41.4 Å². The lowest BCUT2D eigenvalue weighted by Crippen LogP contribution is -2.31. The number of rotatable bonds is 5. The third kappa shape index (κ3) is 4.65. The number of hydrogen-bond acceptors (Lipinski definition) is 7. The fourth-order valence-corrected chi connectivity index (χ4v) is 4.09. The Morgan fingerprint density at radius 1 is 1.30 bits per heavy atom. The zero-order valence-corrected chi connectivity index (χ0v) is 14.8. The monoisotopic (exact) mass is 425 g/mol. The van der Waals surface area contributed by atoms with Gasteiger partial charge in [-0.2, -0.15) is 18.3 Å². The van der Waals surface area contributed by atoms with Gasteiger partial charge < -0.3 is 10.2 Å². The van der Waals surface area contributed by atoms with Crippen molar-refractivity contribution in [3.63, 3.8) is 0 Å². The van der Waals surface area contributed by atoms with Crippen LogP contribution in [0.4, 0.5) is 13.2 Å². The van der Waals surface area contributed by atoms with Crippen LogP contribution in [0, 0.1) is 0 Å². The summed E-state index contributed by atoms with van der Waals surface area (Å²) in [7, 11) is -3.41. The first-order valence-corrected chi connectivity index (χ1v) is 9.03. The molecule has 2 rings (SSSR count). The van der Waals surface area contributed by atoms with Crippen molar-refractivity contribution in [3.05, 3.63) is 35.7 Å². The molecule has 0 atom stereocenters. The van der Waals surface area contributed by atoms with E-state index >= 15 is 0 Å². The Morgan fingerprint density at radius 2 is 1.93 bits per heavy atom. The van der Waals surface area contributed by atoms with Crippen LogP contribution in [0.2, 0.25) is 0 Å². The predicted octanol–water partition coefficient (Wildman–Crippen LogP) is 1.50. The maximum atomic E-state index is 12.8. The molecule has 2 heterocycles. The van der Waals surface area contributed by atoms with Crippen LogP contribution in [0.25, 0.3) is 10.6 Å². The highest BCUT2D eigenvalue weighted by Crippen LogP contribution is 2.35. The molecule has 0 bridgehead atoms. The topological polar surface area (TPSA) is 139 Å². The Morgan fingerprint density at radius 3 is 2.44 bits per heavy atom. The largest absolute Gasteiger partial charge is 0.503 e. The van der Waals surface area contributed by atoms with Gasteiger partial charge in [-0.15, -0.1) is 11.3 Å². The number of carboxylic acids is 1. The van der Waals surface area contributed by atoms with Gasteiger partial charge in [0.15, 0.2) is 5.76 Å². The van der Waals surface area contributed by atoms with Crippen molar-refractivity contribution in [2.45, 2.75) is 10.4 Å². The number of amides is 1. The Kier molecular flexibility index (Phi) is 5.33. The van der Waals surface area contributed by atoms with Crippen LogP contribution in [0.5, 0.6) is 0 Å². The summed E-state index contributed by atoms with van der Waals surface area (Å²) >= 11 is 0.530. The van der Waals surface area contributed by atoms with E-state index in [1.165, 1.54) is 10.8 Å². The van der Waals surface area contributed by atoms with Crippen LogP contribution in [0.1, 0.15) is 5.69 Å². The highest BCUT2D eigenvalue weighted by atomic mass is 32.2. The lowest BCUT2D eigenvalue weighted by molar-refractivity contribution is -0.143. The fraction of sp³-hybridized carbons (Fsp3) is 0.154. The first-order chi connectivity index (χ1) is 12.3. The van der Waals surface area contributed by atoms with Crippen LogP contribution in [-0.2, 0) is 32.8 Å². The lowest BCUT2D eigenvalue weighted by atomic mass is 10.3. The number of hydrogen-bond donors (Lipinski definition) is 3. The van der Waals surface area contributed by atoms with Crippen molar-refractivity contribution >= 4 is 33.2 Å². The average molecular weight is 425 g/mol. The number of carbonyl (C=O) groups is 2. The zero-order valence-electron chi connectivity index (χ0n) is 13.2. The molecule has 9 nitrogen and oxygen atoms in total. The lowest BCUT2D eigenvalue weighted by Gasteiger charge is -2.04. The number of aromatic nitrogens is 2. The molecular weight excluding hydrogens is 415 g/mol. The Labute approximate surface area is 153 Å². The van der Waals surface area contributed by atoms with Crippen molar-refractivity contribution in [1.82, 2.24) is 14.5 Å². The van der Waals surface area contributed by atoms with E-state index in [9.17, 15) is 36.3 Å². The van der Waals surface area contributed by atoms with E-state index in [0.717, 1.165) is 19.2 Å². The molecular formula is C13H10F3N3O6S2. The second-order valence-electron chi connectivity index (χ2n) is 4.96. The van der Waals surface area contributed by atoms with Crippen molar-refractivity contribution in [2.75, 3.05) is 0 Å². The number of aliphatic hydroxyl groups excluding tert-OH is 1. The Hall–Kier alpha value is -2.87. The minimum absolute atomic E-state index is 0.0826. The number of aryl methyl sites for hydroxylation is 1. The number of aliphatic carboxylic acids is 1. The van der Waals surface area contributed by atoms with Crippen molar-refractivity contribution in [3.8, 4) is 10.6 Å². The van der Waals surface area contributed by atoms with E-state index in [4.69, 9.17) is 5.11 Å². The number of halogens is 3. The van der Waals surface area contributed by atoms with E-state index in [-0.39, 0.29) is 16.6 Å². The van der Waals surface area contributed by atoms with E-state index in [1.54, 1.807) is 0 Å². The molecule has 0 aromatic carbocycles. The molecule has 2 aromatic heterocycles. The number of nitrogens with zero attached hydrogens (tertiary/aromatic N) is 2. The molecule has 0 radical (unpaired) electrons. The van der Waals surface area contributed by atoms with Crippen LogP contribution < -0.4 is 4.72 Å². The SMILES string of the molecule is Cn1nc(-c2ccc(S(=O)(=O)NC(=O)C(O)=CC(=O)O)s2)cc1C(F)(F)F. The van der Waals surface area contributed by atoms with Gasteiger partial charge >= 0.3 is 12.1 Å². The standard InChI is InChI=1S/C13H10F3N3O6S2/c1-19-9(13(14,15)16)4-6(17-19)8-2-3-11(26-8)27(24,25)18-12(23)7(20)5-10(21)22/h2-5,20H,1H3,(H,18,23)(H,21,22). The number of sulfonamides is 1. The molecule has 2 aromatic rings. The molecule has 0 aliphatic rings. The maximum Gasteiger partial charge on any atom is 0.433 e. The maximum absolute atomic E-state index is 12.8. The normalized spacial score (nSPS) is 12.8. The Bertz CT molecular complexity index is 1040. The van der Waals surface area contributed by atoms with Crippen molar-refractivity contribution in [2.24, 2.45) is 7.05 Å². The van der Waals surface area contributed by atoms with E-state index in [1.807, 2.05) is 0 Å². The highest BCUT2D eigenvalue weighted by molar-refractivity contribution is 7.92. The number of thiophene rings is 1. The molecule has 0 saturated carbocycles. The summed E-state index contributed by atoms with van der Waals surface area (Å²) in [6.07, 6.45) is -4.55. The van der Waals surface area contributed by atoms with Gasteiger partial charge in [-0.25, -0.2) is 17.9 Å². The number of nitrogens with one attached hydrogen (secondary N) is 1. The third-order valence-corrected chi connectivity index (χ3v) is 5.92. The summed E-state index contributed by atoms with van der Waals surface area (Å²) in [6.45, 7) is 0. The van der Waals surface area contributed by atoms with E-state index in [0.29, 0.717) is 16.0 Å². The van der Waals surface area contributed by atoms with Gasteiger partial charge in [0.1, 0.15) is 15.6 Å². The minimum atomic E-state index is -4.64. The van der Waals surface area contributed by atoms with Gasteiger partial charge in [-0.1, -0.05) is 0 Å². The summed E-state index contributed by atoms with van der Waals surface area (Å²) in [5.41, 5.74) is -1.16. The van der Waals surface area contributed by atoms with Crippen LogP contribution in [0.3, 0.4) is 0 Å². The molecule has 0 saturated heterocycles. The number of alkyl halides is 3. The summed E-state index contributed by atoms with van der Waals surface area (Å²) in [6, 6.07) is 2.96. The molecule has 0 aliphatic heterocycles. The summed E-state index contributed by atoms with van der Waals surface area (Å²) in [5.74, 6) is -4.60. The molecule has 0 fully saturated rings. The molecule has 146 valence electrons. The second-order valence-corrected chi connectivity index (χ2v) is 7.95. The van der Waals surface area contributed by atoms with Crippen LogP contribution in [0.15, 0.2) is 34.2 Å². The molecule has 27 heavy (non-hydrogen) atoms. The molecule has 0 aliphatic carbocycles. The summed E-state index contributed by atoms with van der Waals surface area (Å²) < 4.78 is 64.2. The van der Waals surface area contributed by atoms with Crippen LogP contribution >= 0.6 is 11.3 Å². The predicted molar refractivity (Wildman–Crippen MR) is 85.2 cm³/mol. The van der Waals surface area contributed by atoms with Gasteiger partial charge in [0.2, 0.25) is 0 Å². The number of carboxylic acid groups (broad SMARTS) is 1. The highest BCUT2D eigenvalue weighted by Gasteiger charge is 2.35. The van der Waals surface area contributed by atoms with Crippen LogP contribution in [-0.4, -0.2) is 40.3 Å². The fourth-order valence-electron chi connectivity index (χ4n) is 1.86. The van der Waals surface area contributed by atoms with Gasteiger partial charge in [0, 0.05) is 7.05 Å². The molecule has 0 spiro atoms. The molecule has 0 unspecified atom stereocenters. The van der Waals surface area contributed by atoms with E-state index < -0.39 is 43.7 Å². The minimum Gasteiger partial charge on any atom is -0.503 e. The number of aliphatic hydroxyl groups is 1. The zero-order chi connectivity index (χ0) is 20.6. The number of carbonyl (C=O) groups excluding carboxylic acids is 1. The van der Waals surface area contributed by atoms with E-state index in [2.05, 4.69) is 5.10 Å². The first kappa shape index (κ1) is 20.4. The summed E-state index contributed by atoms with van der Waals surface area (Å²) in [4.78, 5) is 21.9. The third-order valence-electron chi connectivity index (χ3n) is 2.99.